The molecule has 0 saturated carbocycles. The zero-order valence-electron chi connectivity index (χ0n) is 38.4. The summed E-state index contributed by atoms with van der Waals surface area (Å²) in [5, 5.41) is 45.2. The maximum absolute atomic E-state index is 14.2. The lowest BCUT2D eigenvalue weighted by Crippen LogP contribution is -2.57. The van der Waals surface area contributed by atoms with Crippen LogP contribution in [-0.4, -0.2) is 109 Å². The van der Waals surface area contributed by atoms with Gasteiger partial charge < -0.3 is 72.7 Å². The number of nitrogens with two attached hydrogens (primary N) is 2. The summed E-state index contributed by atoms with van der Waals surface area (Å²) >= 11 is 5.64. The van der Waals surface area contributed by atoms with E-state index in [0.29, 0.717) is 22.3 Å². The van der Waals surface area contributed by atoms with E-state index in [9.17, 15) is 63.2 Å². The molecule has 0 fully saturated rings. The van der Waals surface area contributed by atoms with Gasteiger partial charge in [-0.25, -0.2) is 9.36 Å². The highest BCUT2D eigenvalue weighted by molar-refractivity contribution is 7.80. The van der Waals surface area contributed by atoms with E-state index in [0.717, 1.165) is 0 Å². The molecule has 4 aromatic carbocycles. The number of rotatable bonds is 21. The molecule has 24 nitrogen and oxygen atoms in total. The number of phosphoric ester groups is 1. The van der Waals surface area contributed by atoms with E-state index >= 15 is 0 Å². The first-order valence-corrected chi connectivity index (χ1v) is 23.9. The molecule has 2 aliphatic heterocycles. The Morgan fingerprint density at radius 2 is 1.36 bits per heavy atom. The van der Waals surface area contributed by atoms with Crippen molar-refractivity contribution in [3.05, 3.63) is 107 Å². The third kappa shape index (κ3) is 13.1. The number of aliphatic hydroxyl groups is 1. The highest BCUT2D eigenvalue weighted by atomic mass is 32.1. The predicted octanol–water partition coefficient (Wildman–Crippen LogP) is 0.395. The molecule has 0 saturated heterocycles. The molecule has 4 aromatic rings. The van der Waals surface area contributed by atoms with Gasteiger partial charge in [0.1, 0.15) is 52.9 Å². The number of amides is 6. The number of hydrogen-bond acceptors (Lipinski definition) is 15. The molecule has 382 valence electrons. The van der Waals surface area contributed by atoms with E-state index in [1.807, 2.05) is 0 Å². The lowest BCUT2D eigenvalue weighted by molar-refractivity contribution is -0.133. The molecule has 2 aliphatic rings. The van der Waals surface area contributed by atoms with E-state index in [1.54, 1.807) is 38.1 Å². The normalized spacial score (nSPS) is 14.6. The number of phenolic OH excluding ortho intramolecular Hbond substituents is 2. The van der Waals surface area contributed by atoms with Crippen LogP contribution in [0.3, 0.4) is 0 Å². The first-order valence-electron chi connectivity index (χ1n) is 22.0. The quantitative estimate of drug-likeness (QED) is 0.0305. The van der Waals surface area contributed by atoms with Gasteiger partial charge in [-0.2, -0.15) is 0 Å². The number of carbonyl (C=O) groups excluding carboxylic acids is 7. The minimum absolute atomic E-state index is 0.0867. The monoisotopic (exact) mass is 1030 g/mol. The number of primary amides is 2. The average molecular weight is 1030 g/mol. The summed E-state index contributed by atoms with van der Waals surface area (Å²) in [4.78, 5) is 110. The smallest absolute Gasteiger partial charge is 0.508 e. The average Bonchev–Trinajstić information content (AvgIpc) is 3.58. The molecule has 0 aliphatic carbocycles. The molecule has 6 rings (SSSR count). The maximum atomic E-state index is 14.2. The lowest BCUT2D eigenvalue weighted by Gasteiger charge is -2.36. The number of anilines is 1. The number of hydrogen-bond donors (Lipinski definition) is 13. The van der Waals surface area contributed by atoms with E-state index < -0.39 is 98.6 Å². The highest BCUT2D eigenvalue weighted by Gasteiger charge is 2.54. The number of esters is 1. The first kappa shape index (κ1) is 53.5. The Bertz CT molecular complexity index is 2790. The topological polar surface area (TPSA) is 390 Å². The van der Waals surface area contributed by atoms with E-state index in [4.69, 9.17) is 33.2 Å². The number of carbonyl (C=O) groups is 7. The van der Waals surface area contributed by atoms with E-state index in [-0.39, 0.29) is 70.3 Å². The number of nitrogens with one attached hydrogen (secondary N) is 6. The number of benzene rings is 4. The molecule has 6 amide bonds. The lowest BCUT2D eigenvalue weighted by atomic mass is 9.77. The number of fused-ring (bicyclic) bond motifs is 6. The van der Waals surface area contributed by atoms with Crippen LogP contribution in [-0.2, 0) is 50.1 Å². The number of phosphoric acid groups is 1. The molecule has 0 radical (unpaired) electrons. The fourth-order valence-corrected chi connectivity index (χ4v) is 8.58. The number of aromatic hydroxyl groups is 2. The van der Waals surface area contributed by atoms with Crippen molar-refractivity contribution in [1.29, 1.82) is 0 Å². The van der Waals surface area contributed by atoms with Crippen LogP contribution >= 0.6 is 20.0 Å². The molecule has 1 spiro atoms. The van der Waals surface area contributed by atoms with Gasteiger partial charge in [-0.3, -0.25) is 38.6 Å². The standard InChI is InChI=1S/C46H51N8O16PS/c1-22(2)15-33(42(62)53-35(21-55)40(48)60)51-39(59)20-49-41(61)32(13-14-38(47)58)52-43(63)34(16-23-3-8-27(9-4-23)70-71(65,66)67)54-45(72)50-24-5-10-29-28(17-24)44(64)69-46(29)30-11-6-25(56)18-36(30)68-37-19-26(57)7-12-31(37)46/h3-12,17-19,22,32-35,55-57H,13-16,20-21H2,1-2H3,(H2,47,58)(H2,48,60)(H,49,61)(H,51,59)(H,52,63)(H,53,62)(H2,50,54,72)(H2,65,66,67)/t32-,33-,34-,35-/m0/s1. The van der Waals surface area contributed by atoms with Crippen LogP contribution in [0.5, 0.6) is 28.7 Å². The molecule has 15 N–H and O–H groups in total. The van der Waals surface area contributed by atoms with Crippen molar-refractivity contribution in [2.75, 3.05) is 18.5 Å². The van der Waals surface area contributed by atoms with Gasteiger partial charge >= 0.3 is 13.8 Å². The van der Waals surface area contributed by atoms with Crippen LogP contribution < -0.4 is 52.6 Å². The van der Waals surface area contributed by atoms with Gasteiger partial charge in [-0.15, -0.1) is 0 Å². The summed E-state index contributed by atoms with van der Waals surface area (Å²) in [6.07, 6.45) is -0.858. The molecule has 0 aromatic heterocycles. The van der Waals surface area contributed by atoms with Crippen LogP contribution in [0.15, 0.2) is 78.9 Å². The van der Waals surface area contributed by atoms with Crippen molar-refractivity contribution in [1.82, 2.24) is 26.6 Å². The fraction of sp³-hybridized carbons (Fsp3) is 0.304. The Morgan fingerprint density at radius 3 is 1.93 bits per heavy atom. The Morgan fingerprint density at radius 1 is 0.764 bits per heavy atom. The second-order valence-electron chi connectivity index (χ2n) is 17.1. The van der Waals surface area contributed by atoms with Gasteiger partial charge in [0.15, 0.2) is 10.7 Å². The van der Waals surface area contributed by atoms with Crippen molar-refractivity contribution in [3.8, 4) is 28.7 Å². The molecule has 0 bridgehead atoms. The molecule has 0 unspecified atom stereocenters. The number of aliphatic hydroxyl groups excluding tert-OH is 1. The van der Waals surface area contributed by atoms with Crippen molar-refractivity contribution in [3.63, 3.8) is 0 Å². The summed E-state index contributed by atoms with van der Waals surface area (Å²) in [5.74, 6) is -6.34. The van der Waals surface area contributed by atoms with Crippen LogP contribution in [0.4, 0.5) is 5.69 Å². The summed E-state index contributed by atoms with van der Waals surface area (Å²) in [6.45, 7) is 1.99. The molecular weight excluding hydrogens is 984 g/mol. The minimum Gasteiger partial charge on any atom is -0.508 e. The van der Waals surface area contributed by atoms with Crippen molar-refractivity contribution < 1.29 is 77.2 Å². The SMILES string of the molecule is CC(C)C[C@H](NC(=O)CNC(=O)[C@H](CCC(N)=O)NC(=O)[C@H](Cc1ccc(OP(=O)(O)O)cc1)NC(=S)Nc1ccc2c(c1)C(=O)OC21c2ccc(O)cc2Oc2cc(O)ccc21)C(=O)N[C@@H](CO)C(N)=O. The summed E-state index contributed by atoms with van der Waals surface area (Å²) in [6, 6.07) is 13.0. The molecule has 26 heteroatoms. The molecule has 72 heavy (non-hydrogen) atoms. The Kier molecular flexibility index (Phi) is 16.7. The zero-order valence-corrected chi connectivity index (χ0v) is 40.1. The van der Waals surface area contributed by atoms with Crippen molar-refractivity contribution >= 4 is 72.3 Å². The van der Waals surface area contributed by atoms with Crippen LogP contribution in [0.25, 0.3) is 0 Å². The van der Waals surface area contributed by atoms with Crippen LogP contribution in [0, 0.1) is 5.92 Å². The van der Waals surface area contributed by atoms with Crippen molar-refractivity contribution in [2.45, 2.75) is 69.3 Å². The molecular formula is C46H51N8O16PS. The van der Waals surface area contributed by atoms with Gasteiger partial charge in [0.05, 0.1) is 18.7 Å². The van der Waals surface area contributed by atoms with E-state index in [1.165, 1.54) is 54.6 Å². The molecule has 2 heterocycles. The van der Waals surface area contributed by atoms with E-state index in [2.05, 4.69) is 36.4 Å². The number of thiocarbonyl (C=S) groups is 1. The summed E-state index contributed by atoms with van der Waals surface area (Å²) in [5.41, 5.74) is 10.9. The zero-order chi connectivity index (χ0) is 52.7. The maximum Gasteiger partial charge on any atom is 0.524 e. The third-order valence-electron chi connectivity index (χ3n) is 11.2. The second-order valence-corrected chi connectivity index (χ2v) is 18.6. The van der Waals surface area contributed by atoms with Gasteiger partial charge in [0, 0.05) is 47.4 Å². The Balaban J connectivity index is 1.22. The van der Waals surface area contributed by atoms with Crippen molar-refractivity contribution in [2.24, 2.45) is 17.4 Å². The predicted molar refractivity (Wildman–Crippen MR) is 257 cm³/mol. The second kappa shape index (κ2) is 22.5. The fourth-order valence-electron chi connectivity index (χ4n) is 7.92. The Labute approximate surface area is 415 Å². The van der Waals surface area contributed by atoms with Gasteiger partial charge in [0.2, 0.25) is 35.4 Å². The van der Waals surface area contributed by atoms with Crippen LogP contribution in [0.1, 0.15) is 65.7 Å². The van der Waals surface area contributed by atoms with Gasteiger partial charge in [0.25, 0.3) is 0 Å². The Hall–Kier alpha value is -7.83. The van der Waals surface area contributed by atoms with Crippen LogP contribution in [0.2, 0.25) is 0 Å². The minimum atomic E-state index is -4.92. The highest BCUT2D eigenvalue weighted by Crippen LogP contribution is 2.57. The largest absolute Gasteiger partial charge is 0.524 e. The first-order chi connectivity index (χ1) is 34.0. The van der Waals surface area contributed by atoms with Gasteiger partial charge in [-0.05, 0) is 85.1 Å². The molecule has 4 atom stereocenters. The number of ether oxygens (including phenoxy) is 2. The summed E-state index contributed by atoms with van der Waals surface area (Å²) in [7, 11) is -4.92. The summed E-state index contributed by atoms with van der Waals surface area (Å²) < 4.78 is 28.2. The van der Waals surface area contributed by atoms with Gasteiger partial charge in [-0.1, -0.05) is 32.0 Å². The number of phenols is 2. The third-order valence-corrected chi connectivity index (χ3v) is 11.8.